The number of nitrogens with one attached hydrogen (secondary N) is 1. The first-order valence-electron chi connectivity index (χ1n) is 5.85. The highest BCUT2D eigenvalue weighted by molar-refractivity contribution is 6.10. The topological polar surface area (TPSA) is 67.1 Å². The van der Waals surface area contributed by atoms with Gasteiger partial charge in [-0.25, -0.2) is 9.97 Å². The van der Waals surface area contributed by atoms with Gasteiger partial charge in [-0.2, -0.15) is 0 Å². The Balaban J connectivity index is 1.90. The molecule has 4 rings (SSSR count). The Morgan fingerprint density at radius 1 is 1.22 bits per heavy atom. The third kappa shape index (κ3) is 1.30. The average molecular weight is 238 g/mol. The van der Waals surface area contributed by atoms with Gasteiger partial charge in [0.15, 0.2) is 5.58 Å². The van der Waals surface area contributed by atoms with Crippen LogP contribution in [0.3, 0.4) is 0 Å². The average Bonchev–Trinajstić information content (AvgIpc) is 3.04. The highest BCUT2D eigenvalue weighted by atomic mass is 16.3. The molecule has 3 aromatic rings. The van der Waals surface area contributed by atoms with Crippen LogP contribution in [-0.4, -0.2) is 27.2 Å². The fraction of sp³-hybridized carbons (Fsp3) is 0.154. The summed E-state index contributed by atoms with van der Waals surface area (Å²) in [6.45, 7) is 0.739. The van der Waals surface area contributed by atoms with Crippen LogP contribution >= 0.6 is 0 Å². The van der Waals surface area contributed by atoms with Crippen molar-refractivity contribution in [3.63, 3.8) is 0 Å². The Kier molecular flexibility index (Phi) is 1.88. The number of nitrogens with zero attached hydrogens (tertiary/aromatic N) is 3. The first kappa shape index (κ1) is 9.58. The first-order valence-corrected chi connectivity index (χ1v) is 5.85. The molecule has 1 aliphatic rings. The van der Waals surface area contributed by atoms with E-state index in [4.69, 9.17) is 4.42 Å². The monoisotopic (exact) mass is 238 g/mol. The van der Waals surface area contributed by atoms with Crippen molar-refractivity contribution in [2.24, 2.45) is 4.99 Å². The number of imidazole rings is 1. The third-order valence-electron chi connectivity index (χ3n) is 3.07. The molecule has 2 aromatic heterocycles. The Morgan fingerprint density at radius 3 is 3.11 bits per heavy atom. The number of fused-ring (bicyclic) bond motifs is 2. The standard InChI is InChI=1S/C13H10N4O/c1-2-4-10-8(3-1)17-13(18-10)12-11-9(5-6-14-12)15-7-16-11/h1-4,7H,5-6H2,(H,15,16). The molecule has 3 heterocycles. The minimum Gasteiger partial charge on any atom is -0.435 e. The second-order valence-electron chi connectivity index (χ2n) is 4.20. The first-order chi connectivity index (χ1) is 8.92. The van der Waals surface area contributed by atoms with E-state index >= 15 is 0 Å². The second-order valence-corrected chi connectivity index (χ2v) is 4.20. The van der Waals surface area contributed by atoms with Gasteiger partial charge in [0.05, 0.1) is 6.33 Å². The van der Waals surface area contributed by atoms with Gasteiger partial charge >= 0.3 is 0 Å². The number of hydrogen-bond donors (Lipinski definition) is 1. The number of oxazole rings is 1. The molecular formula is C13H10N4O. The summed E-state index contributed by atoms with van der Waals surface area (Å²) in [6.07, 6.45) is 2.58. The molecule has 0 atom stereocenters. The number of aromatic nitrogens is 3. The molecule has 0 saturated carbocycles. The van der Waals surface area contributed by atoms with Gasteiger partial charge in [-0.3, -0.25) is 4.99 Å². The summed E-state index contributed by atoms with van der Waals surface area (Å²) in [5.41, 5.74) is 4.32. The van der Waals surface area contributed by atoms with Gasteiger partial charge in [0.2, 0.25) is 5.89 Å². The van der Waals surface area contributed by atoms with Crippen molar-refractivity contribution >= 4 is 16.8 Å². The molecule has 88 valence electrons. The number of H-pyrrole nitrogens is 1. The molecule has 0 radical (unpaired) electrons. The highest BCUT2D eigenvalue weighted by Crippen LogP contribution is 2.20. The number of rotatable bonds is 1. The molecule has 1 aromatic carbocycles. The maximum atomic E-state index is 5.74. The van der Waals surface area contributed by atoms with Crippen LogP contribution in [-0.2, 0) is 6.42 Å². The molecule has 0 spiro atoms. The molecule has 0 unspecified atom stereocenters. The van der Waals surface area contributed by atoms with Crippen molar-refractivity contribution in [1.82, 2.24) is 15.0 Å². The molecule has 0 fully saturated rings. The normalized spacial score (nSPS) is 14.6. The molecule has 0 bridgehead atoms. The van der Waals surface area contributed by atoms with E-state index in [1.807, 2.05) is 24.3 Å². The lowest BCUT2D eigenvalue weighted by molar-refractivity contribution is 0.588. The lowest BCUT2D eigenvalue weighted by Crippen LogP contribution is -2.14. The largest absolute Gasteiger partial charge is 0.435 e. The van der Waals surface area contributed by atoms with E-state index in [1.54, 1.807) is 6.33 Å². The number of hydrogen-bond acceptors (Lipinski definition) is 4. The van der Waals surface area contributed by atoms with Gasteiger partial charge in [-0.1, -0.05) is 12.1 Å². The van der Waals surface area contributed by atoms with Crippen molar-refractivity contribution < 1.29 is 4.42 Å². The minimum absolute atomic E-state index is 0.546. The van der Waals surface area contributed by atoms with Crippen LogP contribution in [0.2, 0.25) is 0 Å². The van der Waals surface area contributed by atoms with Gasteiger partial charge in [0.25, 0.3) is 0 Å². The van der Waals surface area contributed by atoms with Gasteiger partial charge in [-0.15, -0.1) is 0 Å². The van der Waals surface area contributed by atoms with Crippen molar-refractivity contribution in [2.45, 2.75) is 6.42 Å². The molecule has 5 heteroatoms. The van der Waals surface area contributed by atoms with Crippen molar-refractivity contribution in [3.05, 3.63) is 47.9 Å². The Hall–Kier alpha value is -2.43. The molecule has 0 aliphatic carbocycles. The smallest absolute Gasteiger partial charge is 0.248 e. The molecular weight excluding hydrogens is 228 g/mol. The zero-order valence-corrected chi connectivity index (χ0v) is 9.55. The quantitative estimate of drug-likeness (QED) is 0.704. The van der Waals surface area contributed by atoms with E-state index in [2.05, 4.69) is 19.9 Å². The van der Waals surface area contributed by atoms with Crippen LogP contribution in [0.5, 0.6) is 0 Å². The molecule has 0 amide bonds. The van der Waals surface area contributed by atoms with Gasteiger partial charge in [0, 0.05) is 18.7 Å². The zero-order valence-electron chi connectivity index (χ0n) is 9.55. The Bertz CT molecular complexity index is 720. The van der Waals surface area contributed by atoms with E-state index in [1.165, 1.54) is 0 Å². The summed E-state index contributed by atoms with van der Waals surface area (Å²) < 4.78 is 5.74. The van der Waals surface area contributed by atoms with Crippen molar-refractivity contribution in [1.29, 1.82) is 0 Å². The van der Waals surface area contributed by atoms with E-state index in [0.29, 0.717) is 5.89 Å². The fourth-order valence-corrected chi connectivity index (χ4v) is 2.21. The predicted molar refractivity (Wildman–Crippen MR) is 66.8 cm³/mol. The summed E-state index contributed by atoms with van der Waals surface area (Å²) >= 11 is 0. The van der Waals surface area contributed by atoms with Crippen LogP contribution in [0.15, 0.2) is 40.0 Å². The summed E-state index contributed by atoms with van der Waals surface area (Å²) in [5, 5.41) is 0. The van der Waals surface area contributed by atoms with Crippen LogP contribution in [0.1, 0.15) is 17.3 Å². The minimum atomic E-state index is 0.546. The van der Waals surface area contributed by atoms with E-state index < -0.39 is 0 Å². The number of para-hydroxylation sites is 2. The van der Waals surface area contributed by atoms with E-state index in [-0.39, 0.29) is 0 Å². The Morgan fingerprint density at radius 2 is 2.17 bits per heavy atom. The van der Waals surface area contributed by atoms with Crippen molar-refractivity contribution in [3.8, 4) is 0 Å². The zero-order chi connectivity index (χ0) is 11.9. The molecule has 1 N–H and O–H groups in total. The molecule has 5 nitrogen and oxygen atoms in total. The third-order valence-corrected chi connectivity index (χ3v) is 3.07. The lowest BCUT2D eigenvalue weighted by Gasteiger charge is -2.08. The van der Waals surface area contributed by atoms with Gasteiger partial charge in [0.1, 0.15) is 16.9 Å². The molecule has 1 aliphatic heterocycles. The summed E-state index contributed by atoms with van der Waals surface area (Å²) in [6, 6.07) is 7.70. The van der Waals surface area contributed by atoms with E-state index in [0.717, 1.165) is 41.2 Å². The lowest BCUT2D eigenvalue weighted by atomic mass is 10.1. The summed E-state index contributed by atoms with van der Waals surface area (Å²) in [7, 11) is 0. The number of benzene rings is 1. The van der Waals surface area contributed by atoms with Crippen LogP contribution in [0.4, 0.5) is 0 Å². The predicted octanol–water partition coefficient (Wildman–Crippen LogP) is 1.94. The highest BCUT2D eigenvalue weighted by Gasteiger charge is 2.22. The molecule has 0 saturated heterocycles. The van der Waals surface area contributed by atoms with Gasteiger partial charge in [-0.05, 0) is 12.1 Å². The maximum absolute atomic E-state index is 5.74. The number of aliphatic imine (C=N–C) groups is 1. The fourth-order valence-electron chi connectivity index (χ4n) is 2.21. The molecule has 18 heavy (non-hydrogen) atoms. The second kappa shape index (κ2) is 3.53. The van der Waals surface area contributed by atoms with Crippen LogP contribution in [0, 0.1) is 0 Å². The van der Waals surface area contributed by atoms with Crippen molar-refractivity contribution in [2.75, 3.05) is 6.54 Å². The summed E-state index contributed by atoms with van der Waals surface area (Å²) in [5.74, 6) is 0.546. The van der Waals surface area contributed by atoms with E-state index in [9.17, 15) is 0 Å². The van der Waals surface area contributed by atoms with Crippen LogP contribution in [0.25, 0.3) is 11.1 Å². The van der Waals surface area contributed by atoms with Crippen LogP contribution < -0.4 is 0 Å². The Labute approximate surface area is 103 Å². The maximum Gasteiger partial charge on any atom is 0.248 e. The van der Waals surface area contributed by atoms with Gasteiger partial charge < -0.3 is 9.40 Å². The SMILES string of the molecule is c1ccc2oc(C3=NCCc4[nH]cnc43)nc2c1. The number of aromatic amines is 1. The summed E-state index contributed by atoms with van der Waals surface area (Å²) in [4.78, 5) is 16.4.